The number of para-hydroxylation sites is 1. The van der Waals surface area contributed by atoms with Crippen LogP contribution in [-0.2, 0) is 19.6 Å². The largest absolute Gasteiger partial charge is 0.507 e. The highest BCUT2D eigenvalue weighted by Crippen LogP contribution is 2.16. The summed E-state index contributed by atoms with van der Waals surface area (Å²) in [5.41, 5.74) is 0.258. The van der Waals surface area contributed by atoms with Crippen molar-refractivity contribution in [3.05, 3.63) is 54.1 Å². The second kappa shape index (κ2) is 7.11. The highest BCUT2D eigenvalue weighted by atomic mass is 32.2. The molecule has 126 valence electrons. The lowest BCUT2D eigenvalue weighted by atomic mass is 10.2. The molecule has 24 heavy (non-hydrogen) atoms. The molecule has 1 amide bonds. The average molecular weight is 350 g/mol. The first-order chi connectivity index (χ1) is 11.3. The van der Waals surface area contributed by atoms with Gasteiger partial charge in [-0.15, -0.1) is 0 Å². The van der Waals surface area contributed by atoms with Crippen LogP contribution in [-0.4, -0.2) is 32.0 Å². The van der Waals surface area contributed by atoms with Crippen molar-refractivity contribution >= 4 is 27.6 Å². The maximum Gasteiger partial charge on any atom is 0.342 e. The summed E-state index contributed by atoms with van der Waals surface area (Å²) in [6.45, 7) is -0.565. The number of nitrogens with two attached hydrogens (primary N) is 1. The third-order valence-electron chi connectivity index (χ3n) is 2.92. The van der Waals surface area contributed by atoms with Crippen LogP contribution in [0.3, 0.4) is 0 Å². The molecule has 8 nitrogen and oxygen atoms in total. The fourth-order valence-corrected chi connectivity index (χ4v) is 2.30. The van der Waals surface area contributed by atoms with Crippen molar-refractivity contribution < 1.29 is 27.9 Å². The zero-order valence-corrected chi connectivity index (χ0v) is 13.1. The molecule has 0 aliphatic rings. The Kier molecular flexibility index (Phi) is 5.17. The van der Waals surface area contributed by atoms with Crippen molar-refractivity contribution in [1.29, 1.82) is 0 Å². The maximum absolute atomic E-state index is 11.7. The Morgan fingerprint density at radius 2 is 1.71 bits per heavy atom. The van der Waals surface area contributed by atoms with E-state index in [0.29, 0.717) is 5.69 Å². The van der Waals surface area contributed by atoms with Crippen LogP contribution in [0.15, 0.2) is 53.4 Å². The fourth-order valence-electron chi connectivity index (χ4n) is 1.78. The van der Waals surface area contributed by atoms with Crippen molar-refractivity contribution in [2.75, 3.05) is 11.9 Å². The summed E-state index contributed by atoms with van der Waals surface area (Å²) in [6.07, 6.45) is 0. The Morgan fingerprint density at radius 3 is 2.29 bits per heavy atom. The number of phenolic OH excluding ortho intramolecular Hbond substituents is 1. The number of phenols is 1. The third kappa shape index (κ3) is 4.54. The van der Waals surface area contributed by atoms with E-state index in [-0.39, 0.29) is 16.2 Å². The summed E-state index contributed by atoms with van der Waals surface area (Å²) in [5, 5.41) is 16.9. The molecular weight excluding hydrogens is 336 g/mol. The molecule has 0 fully saturated rings. The molecule has 2 aromatic rings. The van der Waals surface area contributed by atoms with Crippen LogP contribution in [0.4, 0.5) is 5.69 Å². The van der Waals surface area contributed by atoms with Gasteiger partial charge in [0.05, 0.1) is 4.90 Å². The summed E-state index contributed by atoms with van der Waals surface area (Å²) in [6, 6.07) is 10.9. The Labute approximate surface area is 137 Å². The first-order valence-electron chi connectivity index (χ1n) is 6.65. The van der Waals surface area contributed by atoms with Gasteiger partial charge in [0.1, 0.15) is 11.3 Å². The number of esters is 1. The van der Waals surface area contributed by atoms with Crippen molar-refractivity contribution in [2.24, 2.45) is 5.14 Å². The minimum absolute atomic E-state index is 0.0530. The van der Waals surface area contributed by atoms with Crippen LogP contribution >= 0.6 is 0 Å². The predicted octanol–water partition coefficient (Wildman–Crippen LogP) is 0.835. The van der Waals surface area contributed by atoms with Gasteiger partial charge in [0.2, 0.25) is 10.0 Å². The minimum atomic E-state index is -3.81. The van der Waals surface area contributed by atoms with Crippen LogP contribution < -0.4 is 10.5 Å². The highest BCUT2D eigenvalue weighted by Gasteiger charge is 2.14. The van der Waals surface area contributed by atoms with E-state index in [4.69, 9.17) is 9.88 Å². The van der Waals surface area contributed by atoms with E-state index >= 15 is 0 Å². The average Bonchev–Trinajstić information content (AvgIpc) is 2.53. The van der Waals surface area contributed by atoms with E-state index in [1.54, 1.807) is 12.1 Å². The second-order valence-corrected chi connectivity index (χ2v) is 6.27. The number of hydrogen-bond acceptors (Lipinski definition) is 6. The molecule has 0 aliphatic heterocycles. The Hall–Kier alpha value is -2.91. The first kappa shape index (κ1) is 17.4. The lowest BCUT2D eigenvalue weighted by molar-refractivity contribution is -0.119. The zero-order chi connectivity index (χ0) is 17.7. The number of benzene rings is 2. The third-order valence-corrected chi connectivity index (χ3v) is 3.85. The van der Waals surface area contributed by atoms with Crippen molar-refractivity contribution in [2.45, 2.75) is 4.90 Å². The number of aromatic hydroxyl groups is 1. The normalized spacial score (nSPS) is 10.9. The molecular formula is C15H14N2O6S. The molecule has 2 rings (SSSR count). The number of anilines is 1. The molecule has 0 saturated heterocycles. The van der Waals surface area contributed by atoms with Crippen LogP contribution in [0.5, 0.6) is 5.75 Å². The molecule has 0 radical (unpaired) electrons. The van der Waals surface area contributed by atoms with Gasteiger partial charge in [-0.05, 0) is 36.4 Å². The highest BCUT2D eigenvalue weighted by molar-refractivity contribution is 7.89. The molecule has 0 unspecified atom stereocenters. The van der Waals surface area contributed by atoms with Gasteiger partial charge in [0.25, 0.3) is 5.91 Å². The van der Waals surface area contributed by atoms with Crippen molar-refractivity contribution in [1.82, 2.24) is 0 Å². The molecule has 0 atom stereocenters. The lowest BCUT2D eigenvalue weighted by Gasteiger charge is -2.08. The summed E-state index contributed by atoms with van der Waals surface area (Å²) >= 11 is 0. The zero-order valence-electron chi connectivity index (χ0n) is 12.3. The van der Waals surface area contributed by atoms with Gasteiger partial charge in [0, 0.05) is 5.69 Å². The number of nitrogens with one attached hydrogen (secondary N) is 1. The van der Waals surface area contributed by atoms with Gasteiger partial charge < -0.3 is 15.2 Å². The molecule has 0 spiro atoms. The summed E-state index contributed by atoms with van der Waals surface area (Å²) in [5.74, 6) is -1.71. The number of carbonyl (C=O) groups is 2. The van der Waals surface area contributed by atoms with E-state index in [9.17, 15) is 23.1 Å². The van der Waals surface area contributed by atoms with Gasteiger partial charge in [-0.2, -0.15) is 0 Å². The standard InChI is InChI=1S/C15H14N2O6S/c16-24(21,22)11-7-5-10(6-8-11)17-14(19)9-23-15(20)12-3-1-2-4-13(12)18/h1-8,18H,9H2,(H,17,19)(H2,16,21,22). The number of sulfonamides is 1. The van der Waals surface area contributed by atoms with E-state index in [1.165, 1.54) is 36.4 Å². The molecule has 4 N–H and O–H groups in total. The number of amides is 1. The number of rotatable bonds is 5. The Morgan fingerprint density at radius 1 is 1.08 bits per heavy atom. The molecule has 0 aromatic heterocycles. The molecule has 9 heteroatoms. The molecule has 2 aromatic carbocycles. The molecule has 0 heterocycles. The SMILES string of the molecule is NS(=O)(=O)c1ccc(NC(=O)COC(=O)c2ccccc2O)cc1. The Balaban J connectivity index is 1.92. The molecule has 0 bridgehead atoms. The van der Waals surface area contributed by atoms with Crippen LogP contribution in [0.1, 0.15) is 10.4 Å². The van der Waals surface area contributed by atoms with Crippen LogP contribution in [0.25, 0.3) is 0 Å². The van der Waals surface area contributed by atoms with Gasteiger partial charge >= 0.3 is 5.97 Å². The van der Waals surface area contributed by atoms with Crippen molar-refractivity contribution in [3.63, 3.8) is 0 Å². The number of ether oxygens (including phenoxy) is 1. The smallest absolute Gasteiger partial charge is 0.342 e. The quantitative estimate of drug-likeness (QED) is 0.684. The van der Waals surface area contributed by atoms with Crippen LogP contribution in [0.2, 0.25) is 0 Å². The monoisotopic (exact) mass is 350 g/mol. The first-order valence-corrected chi connectivity index (χ1v) is 8.20. The van der Waals surface area contributed by atoms with Gasteiger partial charge in [-0.25, -0.2) is 18.4 Å². The predicted molar refractivity (Wildman–Crippen MR) is 84.8 cm³/mol. The molecule has 0 aliphatic carbocycles. The van der Waals surface area contributed by atoms with E-state index in [0.717, 1.165) is 0 Å². The van der Waals surface area contributed by atoms with E-state index in [1.807, 2.05) is 0 Å². The summed E-state index contributed by atoms with van der Waals surface area (Å²) in [4.78, 5) is 23.4. The van der Waals surface area contributed by atoms with Gasteiger partial charge in [-0.1, -0.05) is 12.1 Å². The number of primary sulfonamides is 1. The summed E-state index contributed by atoms with van der Waals surface area (Å²) < 4.78 is 27.0. The lowest BCUT2D eigenvalue weighted by Crippen LogP contribution is -2.21. The van der Waals surface area contributed by atoms with Crippen molar-refractivity contribution in [3.8, 4) is 5.75 Å². The van der Waals surface area contributed by atoms with Gasteiger partial charge in [-0.3, -0.25) is 4.79 Å². The van der Waals surface area contributed by atoms with E-state index in [2.05, 4.69) is 5.32 Å². The fraction of sp³-hybridized carbons (Fsp3) is 0.0667. The van der Waals surface area contributed by atoms with E-state index < -0.39 is 28.5 Å². The van der Waals surface area contributed by atoms with Crippen LogP contribution in [0, 0.1) is 0 Å². The number of carbonyl (C=O) groups excluding carboxylic acids is 2. The number of hydrogen-bond donors (Lipinski definition) is 3. The second-order valence-electron chi connectivity index (χ2n) is 4.71. The summed E-state index contributed by atoms with van der Waals surface area (Å²) in [7, 11) is -3.81. The topological polar surface area (TPSA) is 136 Å². The Bertz CT molecular complexity index is 862. The molecule has 0 saturated carbocycles. The van der Waals surface area contributed by atoms with Gasteiger partial charge in [0.15, 0.2) is 6.61 Å². The minimum Gasteiger partial charge on any atom is -0.507 e. The maximum atomic E-state index is 11.7.